The number of ether oxygens (including phenoxy) is 9. The topological polar surface area (TPSA) is 308 Å². The van der Waals surface area contributed by atoms with Crippen LogP contribution in [0.25, 0.3) is 0 Å². The third-order valence-corrected chi connectivity index (χ3v) is 21.7. The molecule has 0 saturated heterocycles. The van der Waals surface area contributed by atoms with E-state index in [1.165, 1.54) is 190 Å². The molecule has 0 aromatic rings. The molecule has 0 spiro atoms. The van der Waals surface area contributed by atoms with E-state index in [4.69, 9.17) is 42.6 Å². The number of rotatable bonds is 95. The normalized spacial score (nSPS) is 11.5. The third kappa shape index (κ3) is 83.8. The highest BCUT2D eigenvalue weighted by atomic mass is 16.6. The SMILES string of the molecule is CCCCCCCCCCCCCC(=O)OCCN(CCOC(=O)CCCCCCCCCCCCC)C(=O)CCC(=O)NCCCC[C@H](NC(=O)CCC(=O)N(CCOC(=O)CCCCCCCCCCCCC)CCOC(=O)CCCCCCCCCCCCC)C(=O)NCCCOCCOCCOCCCNC(=O)CCOCCOCCC. The molecule has 25 heteroatoms. The van der Waals surface area contributed by atoms with Gasteiger partial charge in [-0.25, -0.2) is 0 Å². The van der Waals surface area contributed by atoms with Crippen LogP contribution < -0.4 is 21.3 Å². The Labute approximate surface area is 735 Å². The highest BCUT2D eigenvalue weighted by molar-refractivity contribution is 5.89. The summed E-state index contributed by atoms with van der Waals surface area (Å²) in [6.45, 7) is 16.2. The Morgan fingerprint density at radius 3 is 0.810 bits per heavy atom. The first kappa shape index (κ1) is 116. The summed E-state index contributed by atoms with van der Waals surface area (Å²) in [7, 11) is 0. The van der Waals surface area contributed by atoms with Crippen LogP contribution in [-0.2, 0) is 90.6 Å². The number of hydrogen-bond donors (Lipinski definition) is 4. The molecule has 0 aliphatic rings. The van der Waals surface area contributed by atoms with Gasteiger partial charge in [0.2, 0.25) is 35.4 Å². The number of esters is 4. The summed E-state index contributed by atoms with van der Waals surface area (Å²) < 4.78 is 50.2. The summed E-state index contributed by atoms with van der Waals surface area (Å²) in [5.74, 6) is -3.50. The molecule has 0 bridgehead atoms. The van der Waals surface area contributed by atoms with Crippen molar-refractivity contribution in [1.29, 1.82) is 0 Å². The van der Waals surface area contributed by atoms with Crippen LogP contribution in [0.5, 0.6) is 0 Å². The van der Waals surface area contributed by atoms with Gasteiger partial charge >= 0.3 is 23.9 Å². The molecule has 0 aromatic carbocycles. The largest absolute Gasteiger partial charge is 0.464 e. The van der Waals surface area contributed by atoms with Gasteiger partial charge in [0.05, 0.1) is 72.4 Å². The van der Waals surface area contributed by atoms with Crippen LogP contribution in [0.4, 0.5) is 0 Å². The smallest absolute Gasteiger partial charge is 0.305 e. The molecule has 6 amide bonds. The van der Waals surface area contributed by atoms with Gasteiger partial charge in [0, 0.05) is 97.2 Å². The molecule has 0 radical (unpaired) electrons. The summed E-state index contributed by atoms with van der Waals surface area (Å²) in [6, 6.07) is -0.994. The minimum Gasteiger partial charge on any atom is -0.464 e. The number of nitrogens with one attached hydrogen (secondary N) is 4. The lowest BCUT2D eigenvalue weighted by Gasteiger charge is -2.23. The lowest BCUT2D eigenvalue weighted by atomic mass is 10.1. The maximum Gasteiger partial charge on any atom is 0.305 e. The fourth-order valence-corrected chi connectivity index (χ4v) is 14.1. The van der Waals surface area contributed by atoms with Crippen molar-refractivity contribution in [3.63, 3.8) is 0 Å². The Bertz CT molecular complexity index is 2360. The Balaban J connectivity index is 5.86. The monoisotopic (exact) mass is 1720 g/mol. The molecular weight excluding hydrogens is 1540 g/mol. The van der Waals surface area contributed by atoms with Gasteiger partial charge in [-0.05, 0) is 64.2 Å². The standard InChI is InChI=1S/C96H180N6O19/c1-6-11-15-19-23-27-31-35-39-43-47-56-92(108)118-76-68-101(69-77-119-93(109)57-48-44-40-36-32-28-24-20-16-12-7-2)90(106)62-60-87(103)97-65-52-51-55-86(96(112)99-67-54-74-115-82-85-117-84-81-114-73-53-66-98-88(104)64-75-116-83-80-113-72-10-5)100-89(105)61-63-91(107)102(70-78-120-94(110)58-49-45-41-37-33-29-25-21-17-13-8-3)71-79-121-95(111)59-50-46-42-38-34-30-26-22-18-14-9-4/h86H,6-85H2,1-5H3,(H,97,103)(H,98,104)(H,99,112)(H,100,105)/t86-/m0/s1. The molecule has 0 aliphatic heterocycles. The Morgan fingerprint density at radius 2 is 0.488 bits per heavy atom. The minimum atomic E-state index is -0.994. The quantitative estimate of drug-likeness (QED) is 0.0250. The van der Waals surface area contributed by atoms with Gasteiger partial charge in [0.15, 0.2) is 0 Å². The van der Waals surface area contributed by atoms with Gasteiger partial charge in [0.25, 0.3) is 0 Å². The molecule has 0 fully saturated rings. The van der Waals surface area contributed by atoms with Crippen LogP contribution in [0.1, 0.15) is 413 Å². The van der Waals surface area contributed by atoms with Gasteiger partial charge in [-0.3, -0.25) is 47.9 Å². The van der Waals surface area contributed by atoms with E-state index in [0.29, 0.717) is 111 Å². The molecule has 1 atom stereocenters. The summed E-state index contributed by atoms with van der Waals surface area (Å²) in [6.07, 6.45) is 54.9. The van der Waals surface area contributed by atoms with Gasteiger partial charge in [-0.15, -0.1) is 0 Å². The summed E-state index contributed by atoms with van der Waals surface area (Å²) in [4.78, 5) is 135. The second kappa shape index (κ2) is 92.2. The van der Waals surface area contributed by atoms with Crippen LogP contribution >= 0.6 is 0 Å². The van der Waals surface area contributed by atoms with Gasteiger partial charge in [0.1, 0.15) is 32.5 Å². The number of nitrogens with zero attached hydrogens (tertiary/aromatic N) is 2. The maximum atomic E-state index is 14.0. The zero-order chi connectivity index (χ0) is 88.3. The highest BCUT2D eigenvalue weighted by Crippen LogP contribution is 2.18. The van der Waals surface area contributed by atoms with E-state index in [1.807, 2.05) is 6.92 Å². The minimum absolute atomic E-state index is 0.0270. The zero-order valence-electron chi connectivity index (χ0n) is 77.8. The van der Waals surface area contributed by atoms with Crippen molar-refractivity contribution >= 4 is 59.3 Å². The van der Waals surface area contributed by atoms with E-state index < -0.39 is 23.8 Å². The van der Waals surface area contributed by atoms with Crippen LogP contribution in [0.15, 0.2) is 0 Å². The first-order valence-corrected chi connectivity index (χ1v) is 49.4. The van der Waals surface area contributed by atoms with Crippen molar-refractivity contribution in [2.24, 2.45) is 0 Å². The zero-order valence-corrected chi connectivity index (χ0v) is 77.8. The Hall–Kier alpha value is -5.50. The first-order chi connectivity index (χ1) is 59.2. The molecule has 708 valence electrons. The number of unbranched alkanes of at least 4 members (excludes halogenated alkanes) is 41. The van der Waals surface area contributed by atoms with Crippen molar-refractivity contribution in [3.05, 3.63) is 0 Å². The Morgan fingerprint density at radius 1 is 0.223 bits per heavy atom. The van der Waals surface area contributed by atoms with Crippen molar-refractivity contribution in [2.45, 2.75) is 419 Å². The predicted octanol–water partition coefficient (Wildman–Crippen LogP) is 18.8. The van der Waals surface area contributed by atoms with Gasteiger partial charge < -0.3 is 73.7 Å². The molecule has 0 unspecified atom stereocenters. The molecule has 25 nitrogen and oxygen atoms in total. The molecule has 0 aliphatic carbocycles. The van der Waals surface area contributed by atoms with Gasteiger partial charge in [-0.1, -0.05) is 291 Å². The summed E-state index contributed by atoms with van der Waals surface area (Å²) >= 11 is 0. The van der Waals surface area contributed by atoms with E-state index in [9.17, 15) is 47.9 Å². The second-order valence-electron chi connectivity index (χ2n) is 32.9. The third-order valence-electron chi connectivity index (χ3n) is 21.7. The fraction of sp³-hybridized carbons (Fsp3) is 0.896. The summed E-state index contributed by atoms with van der Waals surface area (Å²) in [5.41, 5.74) is 0. The van der Waals surface area contributed by atoms with Crippen molar-refractivity contribution < 1.29 is 90.6 Å². The molecule has 0 rings (SSSR count). The molecular formula is C96H180N6O19. The average molecular weight is 1720 g/mol. The van der Waals surface area contributed by atoms with Crippen LogP contribution in [0.2, 0.25) is 0 Å². The van der Waals surface area contributed by atoms with Crippen molar-refractivity contribution in [2.75, 3.05) is 138 Å². The molecule has 4 N–H and O–H groups in total. The second-order valence-corrected chi connectivity index (χ2v) is 32.9. The van der Waals surface area contributed by atoms with Crippen LogP contribution in [-0.4, -0.2) is 213 Å². The molecule has 0 heterocycles. The van der Waals surface area contributed by atoms with E-state index in [0.717, 1.165) is 109 Å². The lowest BCUT2D eigenvalue weighted by molar-refractivity contribution is -0.148. The van der Waals surface area contributed by atoms with E-state index in [-0.39, 0.29) is 159 Å². The van der Waals surface area contributed by atoms with Crippen molar-refractivity contribution in [1.82, 2.24) is 31.1 Å². The molecule has 0 aromatic heterocycles. The summed E-state index contributed by atoms with van der Waals surface area (Å²) in [5, 5.41) is 11.5. The predicted molar refractivity (Wildman–Crippen MR) is 483 cm³/mol. The lowest BCUT2D eigenvalue weighted by Crippen LogP contribution is -2.47. The fourth-order valence-electron chi connectivity index (χ4n) is 14.1. The molecule has 121 heavy (non-hydrogen) atoms. The number of carbonyl (C=O) groups excluding carboxylic acids is 10. The number of carbonyl (C=O) groups is 10. The Kier molecular flexibility index (Phi) is 88.0. The average Bonchev–Trinajstić information content (AvgIpc) is 0.913. The van der Waals surface area contributed by atoms with Gasteiger partial charge in [-0.2, -0.15) is 0 Å². The van der Waals surface area contributed by atoms with E-state index in [2.05, 4.69) is 49.0 Å². The number of hydrogen-bond acceptors (Lipinski definition) is 19. The van der Waals surface area contributed by atoms with E-state index >= 15 is 0 Å². The maximum absolute atomic E-state index is 14.0. The van der Waals surface area contributed by atoms with Crippen molar-refractivity contribution in [3.8, 4) is 0 Å². The van der Waals surface area contributed by atoms with Crippen LogP contribution in [0, 0.1) is 0 Å². The van der Waals surface area contributed by atoms with E-state index in [1.54, 1.807) is 0 Å². The first-order valence-electron chi connectivity index (χ1n) is 49.4. The molecule has 0 saturated carbocycles. The van der Waals surface area contributed by atoms with Crippen LogP contribution in [0.3, 0.4) is 0 Å². The number of amides is 6. The highest BCUT2D eigenvalue weighted by Gasteiger charge is 2.24.